The van der Waals surface area contributed by atoms with Gasteiger partial charge in [-0.1, -0.05) is 0 Å². The highest BCUT2D eigenvalue weighted by atomic mass is 14.9. The van der Waals surface area contributed by atoms with E-state index in [-0.39, 0.29) is 0 Å². The van der Waals surface area contributed by atoms with Gasteiger partial charge >= 0.3 is 0 Å². The van der Waals surface area contributed by atoms with Gasteiger partial charge in [0.2, 0.25) is 0 Å². The van der Waals surface area contributed by atoms with Crippen LogP contribution in [0, 0.1) is 0 Å². The summed E-state index contributed by atoms with van der Waals surface area (Å²) >= 11 is 0. The number of pyridine rings is 2. The van der Waals surface area contributed by atoms with E-state index in [1.807, 2.05) is 24.5 Å². The zero-order chi connectivity index (χ0) is 10.5. The molecule has 0 saturated carbocycles. The Morgan fingerprint density at radius 2 is 1.94 bits per heavy atom. The fraction of sp³-hybridized carbons (Fsp3) is 0. The van der Waals surface area contributed by atoms with Crippen molar-refractivity contribution in [2.75, 3.05) is 0 Å². The Kier molecular flexibility index (Phi) is 1.28. The van der Waals surface area contributed by atoms with Crippen LogP contribution < -0.4 is 0 Å². The summed E-state index contributed by atoms with van der Waals surface area (Å²) in [5.41, 5.74) is 2.91. The lowest BCUT2D eigenvalue weighted by Gasteiger charge is -1.91. The van der Waals surface area contributed by atoms with Crippen molar-refractivity contribution in [2.45, 2.75) is 0 Å². The van der Waals surface area contributed by atoms with Gasteiger partial charge in [0.05, 0.1) is 5.52 Å². The van der Waals surface area contributed by atoms with Crippen LogP contribution >= 0.6 is 0 Å². The second-order valence-corrected chi connectivity index (χ2v) is 3.81. The maximum absolute atomic E-state index is 4.39. The number of nitrogens with one attached hydrogen (secondary N) is 2. The molecule has 0 amide bonds. The normalized spacial score (nSPS) is 11.8. The molecule has 4 heteroatoms. The van der Waals surface area contributed by atoms with Gasteiger partial charge in [0.15, 0.2) is 0 Å². The van der Waals surface area contributed by atoms with Crippen LogP contribution in [0.4, 0.5) is 0 Å². The second kappa shape index (κ2) is 2.61. The van der Waals surface area contributed by atoms with Crippen molar-refractivity contribution < 1.29 is 0 Å². The summed E-state index contributed by atoms with van der Waals surface area (Å²) in [5, 5.41) is 3.35. The van der Waals surface area contributed by atoms with Gasteiger partial charge in [0, 0.05) is 34.7 Å². The van der Waals surface area contributed by atoms with E-state index in [0.717, 1.165) is 33.0 Å². The minimum absolute atomic E-state index is 0.902. The first-order valence-electron chi connectivity index (χ1n) is 5.12. The van der Waals surface area contributed by atoms with Gasteiger partial charge in [0.1, 0.15) is 11.3 Å². The van der Waals surface area contributed by atoms with Crippen molar-refractivity contribution in [1.29, 1.82) is 0 Å². The summed E-state index contributed by atoms with van der Waals surface area (Å²) in [6, 6.07) is 6.03. The number of hydrogen-bond acceptors (Lipinski definition) is 2. The largest absolute Gasteiger partial charge is 0.346 e. The number of fused-ring (bicyclic) bond motifs is 5. The lowest BCUT2D eigenvalue weighted by atomic mass is 10.2. The summed E-state index contributed by atoms with van der Waals surface area (Å²) in [6.07, 6.45) is 5.57. The van der Waals surface area contributed by atoms with E-state index in [0.29, 0.717) is 0 Å². The van der Waals surface area contributed by atoms with Gasteiger partial charge in [-0.25, -0.2) is 9.97 Å². The molecular formula is C12H8N4. The first-order valence-corrected chi connectivity index (χ1v) is 5.12. The Balaban J connectivity index is 2.38. The number of hydrogen-bond donors (Lipinski definition) is 2. The standard InChI is InChI=1S/C12H8N4/c1-2-7-9-6-15-11-8(3-5-14-11)10(9)16-12(7)13-4-1/h1-6H,(H,13,16)(H,14,15). The molecule has 0 spiro atoms. The molecule has 2 N–H and O–H groups in total. The minimum atomic E-state index is 0.902. The Hall–Kier alpha value is -2.36. The zero-order valence-electron chi connectivity index (χ0n) is 8.36. The molecule has 0 aliphatic carbocycles. The molecule has 0 bridgehead atoms. The summed E-state index contributed by atoms with van der Waals surface area (Å²) in [4.78, 5) is 15.1. The predicted octanol–water partition coefficient (Wildman–Crippen LogP) is 2.59. The molecule has 0 aliphatic heterocycles. The molecular weight excluding hydrogens is 200 g/mol. The minimum Gasteiger partial charge on any atom is -0.346 e. The average molecular weight is 208 g/mol. The molecule has 4 nitrogen and oxygen atoms in total. The van der Waals surface area contributed by atoms with E-state index in [9.17, 15) is 0 Å². The van der Waals surface area contributed by atoms with Crippen molar-refractivity contribution >= 4 is 33.0 Å². The lowest BCUT2D eigenvalue weighted by Crippen LogP contribution is -1.76. The van der Waals surface area contributed by atoms with Crippen LogP contribution in [-0.2, 0) is 0 Å². The third-order valence-electron chi connectivity index (χ3n) is 2.93. The van der Waals surface area contributed by atoms with Crippen molar-refractivity contribution in [1.82, 2.24) is 19.9 Å². The van der Waals surface area contributed by atoms with Crippen LogP contribution in [0.15, 0.2) is 36.8 Å². The van der Waals surface area contributed by atoms with Crippen LogP contribution in [0.5, 0.6) is 0 Å². The first-order chi connectivity index (χ1) is 7.93. The Labute approximate surface area is 90.3 Å². The molecule has 0 saturated heterocycles. The number of aromatic amines is 2. The number of H-pyrrole nitrogens is 2. The van der Waals surface area contributed by atoms with Crippen LogP contribution in [0.25, 0.3) is 33.0 Å². The molecule has 0 aromatic carbocycles. The number of rotatable bonds is 0. The number of nitrogens with zero attached hydrogens (tertiary/aromatic N) is 2. The van der Waals surface area contributed by atoms with Crippen LogP contribution in [0.1, 0.15) is 0 Å². The zero-order valence-corrected chi connectivity index (χ0v) is 8.36. The molecule has 0 radical (unpaired) electrons. The third-order valence-corrected chi connectivity index (χ3v) is 2.93. The first kappa shape index (κ1) is 7.87. The Bertz CT molecular complexity index is 809. The van der Waals surface area contributed by atoms with Gasteiger partial charge < -0.3 is 9.97 Å². The highest BCUT2D eigenvalue weighted by Gasteiger charge is 2.08. The fourth-order valence-corrected chi connectivity index (χ4v) is 2.19. The molecule has 4 aromatic rings. The second-order valence-electron chi connectivity index (χ2n) is 3.81. The fourth-order valence-electron chi connectivity index (χ4n) is 2.19. The van der Waals surface area contributed by atoms with Crippen LogP contribution in [-0.4, -0.2) is 19.9 Å². The van der Waals surface area contributed by atoms with E-state index in [2.05, 4.69) is 26.0 Å². The van der Waals surface area contributed by atoms with E-state index in [1.54, 1.807) is 6.20 Å². The maximum Gasteiger partial charge on any atom is 0.139 e. The van der Waals surface area contributed by atoms with Crippen LogP contribution in [0.2, 0.25) is 0 Å². The molecule has 4 heterocycles. The van der Waals surface area contributed by atoms with E-state index < -0.39 is 0 Å². The van der Waals surface area contributed by atoms with E-state index in [1.165, 1.54) is 0 Å². The molecule has 16 heavy (non-hydrogen) atoms. The molecule has 76 valence electrons. The third kappa shape index (κ3) is 0.839. The summed E-state index contributed by atoms with van der Waals surface area (Å²) in [6.45, 7) is 0. The van der Waals surface area contributed by atoms with Gasteiger partial charge in [-0.05, 0) is 18.2 Å². The smallest absolute Gasteiger partial charge is 0.139 e. The van der Waals surface area contributed by atoms with Gasteiger partial charge in [-0.2, -0.15) is 0 Å². The van der Waals surface area contributed by atoms with Crippen molar-refractivity contribution in [3.8, 4) is 0 Å². The molecule has 0 aliphatic rings. The summed E-state index contributed by atoms with van der Waals surface area (Å²) in [5.74, 6) is 0. The maximum atomic E-state index is 4.39. The van der Waals surface area contributed by atoms with Gasteiger partial charge in [-0.15, -0.1) is 0 Å². The highest BCUT2D eigenvalue weighted by molar-refractivity contribution is 6.14. The summed E-state index contributed by atoms with van der Waals surface area (Å²) < 4.78 is 0. The molecule has 0 atom stereocenters. The van der Waals surface area contributed by atoms with Crippen molar-refractivity contribution in [2.24, 2.45) is 0 Å². The van der Waals surface area contributed by atoms with Gasteiger partial charge in [0.25, 0.3) is 0 Å². The Morgan fingerprint density at radius 1 is 0.938 bits per heavy atom. The topological polar surface area (TPSA) is 57.4 Å². The molecule has 4 rings (SSSR count). The quantitative estimate of drug-likeness (QED) is 0.466. The molecule has 0 unspecified atom stereocenters. The molecule has 4 aromatic heterocycles. The van der Waals surface area contributed by atoms with Gasteiger partial charge in [-0.3, -0.25) is 0 Å². The lowest BCUT2D eigenvalue weighted by molar-refractivity contribution is 1.34. The summed E-state index contributed by atoms with van der Waals surface area (Å²) in [7, 11) is 0. The van der Waals surface area contributed by atoms with Crippen molar-refractivity contribution in [3.05, 3.63) is 36.8 Å². The van der Waals surface area contributed by atoms with Crippen LogP contribution in [0.3, 0.4) is 0 Å². The number of aromatic nitrogens is 4. The predicted molar refractivity (Wildman–Crippen MR) is 63.3 cm³/mol. The SMILES string of the molecule is c1cnc2[nH]c3c4cc[nH]c4ncc3c2c1. The monoisotopic (exact) mass is 208 g/mol. The highest BCUT2D eigenvalue weighted by Crippen LogP contribution is 2.27. The average Bonchev–Trinajstić information content (AvgIpc) is 2.92. The van der Waals surface area contributed by atoms with Crippen molar-refractivity contribution in [3.63, 3.8) is 0 Å². The van der Waals surface area contributed by atoms with E-state index >= 15 is 0 Å². The van der Waals surface area contributed by atoms with E-state index in [4.69, 9.17) is 0 Å². The Morgan fingerprint density at radius 3 is 2.94 bits per heavy atom. The molecule has 0 fully saturated rings.